The van der Waals surface area contributed by atoms with Gasteiger partial charge >= 0.3 is 0 Å². The third kappa shape index (κ3) is 1.75. The van der Waals surface area contributed by atoms with Crippen LogP contribution in [-0.4, -0.2) is 10.3 Å². The zero-order valence-electron chi connectivity index (χ0n) is 6.87. The van der Waals surface area contributed by atoms with E-state index in [-0.39, 0.29) is 11.8 Å². The van der Waals surface area contributed by atoms with Crippen LogP contribution in [0.5, 0.6) is 5.75 Å². The molecule has 1 aromatic carbocycles. The van der Waals surface area contributed by atoms with Crippen molar-refractivity contribution in [1.82, 2.24) is 5.43 Å². The number of hydrogen-bond acceptors (Lipinski definition) is 3. The van der Waals surface area contributed by atoms with E-state index in [1.165, 1.54) is 0 Å². The molecule has 0 aliphatic carbocycles. The van der Waals surface area contributed by atoms with Gasteiger partial charge in [0.05, 0.1) is 6.04 Å². The Kier molecular flexibility index (Phi) is 2.10. The molecule has 0 bridgehead atoms. The number of nitrogens with zero attached hydrogens (tertiary/aromatic N) is 1. The number of nitrogens with one attached hydrogen (secondary N) is 1. The second kappa shape index (κ2) is 3.26. The maximum atomic E-state index is 9.08. The Balaban J connectivity index is 2.14. The van der Waals surface area contributed by atoms with Crippen LogP contribution in [0.2, 0.25) is 0 Å². The number of phenolic OH excluding ortho intramolecular Hbond substituents is 1. The Bertz CT molecular complexity index is 334. The SMILES string of the molecule is Oc1ccc(C2CC(Cl)=NN2)cc1. The highest BCUT2D eigenvalue weighted by molar-refractivity contribution is 6.65. The van der Waals surface area contributed by atoms with Gasteiger partial charge in [0.1, 0.15) is 10.9 Å². The minimum Gasteiger partial charge on any atom is -0.508 e. The number of aromatic hydroxyl groups is 1. The molecule has 0 aromatic heterocycles. The summed E-state index contributed by atoms with van der Waals surface area (Å²) in [6.07, 6.45) is 0.715. The highest BCUT2D eigenvalue weighted by atomic mass is 35.5. The first-order chi connectivity index (χ1) is 6.25. The predicted octanol–water partition coefficient (Wildman–Crippen LogP) is 1.98. The minimum atomic E-state index is 0.146. The molecule has 2 N–H and O–H groups in total. The van der Waals surface area contributed by atoms with Gasteiger partial charge in [-0.2, -0.15) is 5.10 Å². The summed E-state index contributed by atoms with van der Waals surface area (Å²) in [5.41, 5.74) is 4.00. The molecule has 0 saturated heterocycles. The lowest BCUT2D eigenvalue weighted by Crippen LogP contribution is -2.09. The maximum Gasteiger partial charge on any atom is 0.128 e. The van der Waals surface area contributed by atoms with Gasteiger partial charge < -0.3 is 10.5 Å². The summed E-state index contributed by atoms with van der Waals surface area (Å²) in [4.78, 5) is 0. The van der Waals surface area contributed by atoms with Crippen LogP contribution in [0.15, 0.2) is 29.4 Å². The van der Waals surface area contributed by atoms with Crippen LogP contribution in [0.3, 0.4) is 0 Å². The number of halogens is 1. The first-order valence-corrected chi connectivity index (χ1v) is 4.40. The number of rotatable bonds is 1. The molecule has 3 nitrogen and oxygen atoms in total. The topological polar surface area (TPSA) is 44.6 Å². The maximum absolute atomic E-state index is 9.08. The van der Waals surface area contributed by atoms with Crippen molar-refractivity contribution in [1.29, 1.82) is 0 Å². The number of phenols is 1. The first kappa shape index (κ1) is 8.38. The number of hydrazone groups is 1. The molecule has 0 amide bonds. The molecule has 1 unspecified atom stereocenters. The van der Waals surface area contributed by atoms with Crippen LogP contribution >= 0.6 is 11.6 Å². The first-order valence-electron chi connectivity index (χ1n) is 4.02. The third-order valence-corrected chi connectivity index (χ3v) is 2.25. The molecule has 1 aromatic rings. The van der Waals surface area contributed by atoms with Gasteiger partial charge in [-0.05, 0) is 17.7 Å². The van der Waals surface area contributed by atoms with Crippen LogP contribution in [0, 0.1) is 0 Å². The zero-order chi connectivity index (χ0) is 9.26. The van der Waals surface area contributed by atoms with Crippen molar-refractivity contribution in [2.75, 3.05) is 0 Å². The van der Waals surface area contributed by atoms with Gasteiger partial charge in [0.2, 0.25) is 0 Å². The zero-order valence-corrected chi connectivity index (χ0v) is 7.62. The molecule has 1 atom stereocenters. The van der Waals surface area contributed by atoms with E-state index in [1.54, 1.807) is 12.1 Å². The van der Waals surface area contributed by atoms with Crippen LogP contribution in [0.1, 0.15) is 18.0 Å². The van der Waals surface area contributed by atoms with E-state index >= 15 is 0 Å². The van der Waals surface area contributed by atoms with Crippen molar-refractivity contribution in [2.24, 2.45) is 5.10 Å². The Morgan fingerprint density at radius 3 is 2.62 bits per heavy atom. The van der Waals surface area contributed by atoms with E-state index in [0.29, 0.717) is 11.6 Å². The van der Waals surface area contributed by atoms with Crippen molar-refractivity contribution in [3.8, 4) is 5.75 Å². The van der Waals surface area contributed by atoms with E-state index in [2.05, 4.69) is 10.5 Å². The fraction of sp³-hybridized carbons (Fsp3) is 0.222. The van der Waals surface area contributed by atoms with Crippen LogP contribution in [0.4, 0.5) is 0 Å². The molecule has 1 heterocycles. The van der Waals surface area contributed by atoms with Gasteiger partial charge in [0.25, 0.3) is 0 Å². The second-order valence-corrected chi connectivity index (χ2v) is 3.40. The Morgan fingerprint density at radius 2 is 2.08 bits per heavy atom. The van der Waals surface area contributed by atoms with Crippen LogP contribution in [-0.2, 0) is 0 Å². The molecule has 0 saturated carbocycles. The smallest absolute Gasteiger partial charge is 0.128 e. The lowest BCUT2D eigenvalue weighted by Gasteiger charge is -2.08. The molecular weight excluding hydrogens is 188 g/mol. The number of hydrogen-bond donors (Lipinski definition) is 2. The monoisotopic (exact) mass is 196 g/mol. The van der Waals surface area contributed by atoms with Gasteiger partial charge in [-0.25, -0.2) is 0 Å². The number of benzene rings is 1. The molecule has 1 aliphatic rings. The molecule has 13 heavy (non-hydrogen) atoms. The summed E-state index contributed by atoms with van der Waals surface area (Å²) < 4.78 is 0. The normalized spacial score (nSPS) is 21.0. The van der Waals surface area contributed by atoms with E-state index in [9.17, 15) is 0 Å². The van der Waals surface area contributed by atoms with E-state index < -0.39 is 0 Å². The average Bonchev–Trinajstić information content (AvgIpc) is 2.53. The molecule has 0 radical (unpaired) electrons. The van der Waals surface area contributed by atoms with Gasteiger partial charge in [-0.1, -0.05) is 23.7 Å². The molecule has 1 aliphatic heterocycles. The van der Waals surface area contributed by atoms with E-state index in [0.717, 1.165) is 5.56 Å². The van der Waals surface area contributed by atoms with Crippen molar-refractivity contribution in [3.63, 3.8) is 0 Å². The summed E-state index contributed by atoms with van der Waals surface area (Å²) in [5, 5.41) is 13.6. The molecule has 2 rings (SSSR count). The summed E-state index contributed by atoms with van der Waals surface area (Å²) >= 11 is 5.73. The van der Waals surface area contributed by atoms with Gasteiger partial charge in [0.15, 0.2) is 0 Å². The van der Waals surface area contributed by atoms with E-state index in [4.69, 9.17) is 16.7 Å². The van der Waals surface area contributed by atoms with Crippen molar-refractivity contribution in [3.05, 3.63) is 29.8 Å². The fourth-order valence-corrected chi connectivity index (χ4v) is 1.51. The van der Waals surface area contributed by atoms with Crippen molar-refractivity contribution < 1.29 is 5.11 Å². The summed E-state index contributed by atoms with van der Waals surface area (Å²) in [5.74, 6) is 0.272. The van der Waals surface area contributed by atoms with Crippen molar-refractivity contribution >= 4 is 16.8 Å². The molecule has 4 heteroatoms. The molecular formula is C9H9ClN2O. The minimum absolute atomic E-state index is 0.146. The summed E-state index contributed by atoms with van der Waals surface area (Å²) in [6, 6.07) is 7.18. The molecule has 0 spiro atoms. The summed E-state index contributed by atoms with van der Waals surface area (Å²) in [6.45, 7) is 0. The third-order valence-electron chi connectivity index (χ3n) is 2.01. The summed E-state index contributed by atoms with van der Waals surface area (Å²) in [7, 11) is 0. The van der Waals surface area contributed by atoms with Crippen LogP contribution < -0.4 is 5.43 Å². The highest BCUT2D eigenvalue weighted by Crippen LogP contribution is 2.24. The quantitative estimate of drug-likeness (QED) is 0.722. The predicted molar refractivity (Wildman–Crippen MR) is 51.9 cm³/mol. The Hall–Kier alpha value is -1.22. The lowest BCUT2D eigenvalue weighted by atomic mass is 10.1. The average molecular weight is 197 g/mol. The van der Waals surface area contributed by atoms with Crippen molar-refractivity contribution in [2.45, 2.75) is 12.5 Å². The molecule has 68 valence electrons. The largest absolute Gasteiger partial charge is 0.508 e. The van der Waals surface area contributed by atoms with Crippen LogP contribution in [0.25, 0.3) is 0 Å². The standard InChI is InChI=1S/C9H9ClN2O/c10-9-5-8(11-12-9)6-1-3-7(13)4-2-6/h1-4,8,11,13H,5H2. The Morgan fingerprint density at radius 1 is 1.38 bits per heavy atom. The Labute approximate surface area is 81.0 Å². The fourth-order valence-electron chi connectivity index (χ4n) is 1.31. The van der Waals surface area contributed by atoms with Gasteiger partial charge in [0, 0.05) is 6.42 Å². The van der Waals surface area contributed by atoms with E-state index in [1.807, 2.05) is 12.1 Å². The second-order valence-electron chi connectivity index (χ2n) is 2.97. The van der Waals surface area contributed by atoms with Gasteiger partial charge in [-0.15, -0.1) is 0 Å². The molecule has 0 fully saturated rings. The highest BCUT2D eigenvalue weighted by Gasteiger charge is 2.18. The lowest BCUT2D eigenvalue weighted by molar-refractivity contribution is 0.474. The van der Waals surface area contributed by atoms with Gasteiger partial charge in [-0.3, -0.25) is 0 Å².